The van der Waals surface area contributed by atoms with Gasteiger partial charge in [0.1, 0.15) is 0 Å². The number of nitrogens with zero attached hydrogens (tertiary/aromatic N) is 1. The van der Waals surface area contributed by atoms with Gasteiger partial charge in [0, 0.05) is 6.54 Å². The summed E-state index contributed by atoms with van der Waals surface area (Å²) < 4.78 is 25.9. The molecule has 2 unspecified atom stereocenters. The molecule has 4 N–H and O–H groups in total. The zero-order valence-electron chi connectivity index (χ0n) is 15.9. The highest BCUT2D eigenvalue weighted by molar-refractivity contribution is 7.85. The maximum atomic E-state index is 12.2. The first-order valence-corrected chi connectivity index (χ1v) is 11.4. The molecular weight excluding hydrogens is 402 g/mol. The molecule has 1 aliphatic rings. The summed E-state index contributed by atoms with van der Waals surface area (Å²) in [6.07, 6.45) is 0.762. The molecule has 154 valence electrons. The predicted octanol–water partition coefficient (Wildman–Crippen LogP) is 1.52. The molecule has 1 aromatic carbocycles. The van der Waals surface area contributed by atoms with Gasteiger partial charge in [-0.05, 0) is 31.4 Å². The minimum atomic E-state index is -3.67. The van der Waals surface area contributed by atoms with Gasteiger partial charge in [-0.25, -0.2) is 4.98 Å². The number of rotatable bonds is 4. The van der Waals surface area contributed by atoms with Crippen LogP contribution in [0.2, 0.25) is 0 Å². The lowest BCUT2D eigenvalue weighted by Gasteiger charge is -2.18. The van der Waals surface area contributed by atoms with Crippen molar-refractivity contribution in [1.29, 1.82) is 0 Å². The van der Waals surface area contributed by atoms with Gasteiger partial charge in [0.05, 0.1) is 40.5 Å². The summed E-state index contributed by atoms with van der Waals surface area (Å²) in [5.74, 6) is -0.0589. The van der Waals surface area contributed by atoms with Crippen LogP contribution in [-0.2, 0) is 14.9 Å². The number of carbonyl (C=O) groups is 1. The number of thiazole rings is 1. The molecular formula is C18H25N3O5S2. The van der Waals surface area contributed by atoms with Crippen molar-refractivity contribution in [1.82, 2.24) is 15.6 Å². The van der Waals surface area contributed by atoms with Crippen LogP contribution in [0.15, 0.2) is 29.8 Å². The SMILES string of the molecule is CS(=O)(=O)O.Cc1ncsc1-c1ccc([C@H](C)NC(=O)C2CC(O)CN2)cc1. The van der Waals surface area contributed by atoms with Crippen LogP contribution in [0.4, 0.5) is 0 Å². The van der Waals surface area contributed by atoms with Crippen molar-refractivity contribution in [3.63, 3.8) is 0 Å². The van der Waals surface area contributed by atoms with Crippen LogP contribution in [0.3, 0.4) is 0 Å². The summed E-state index contributed by atoms with van der Waals surface area (Å²) in [5.41, 5.74) is 5.09. The van der Waals surface area contributed by atoms with E-state index in [1.165, 1.54) is 4.88 Å². The van der Waals surface area contributed by atoms with Crippen molar-refractivity contribution in [2.45, 2.75) is 38.5 Å². The molecule has 0 spiro atoms. The van der Waals surface area contributed by atoms with Crippen molar-refractivity contribution in [3.05, 3.63) is 41.0 Å². The van der Waals surface area contributed by atoms with Crippen LogP contribution in [0, 0.1) is 6.92 Å². The highest BCUT2D eigenvalue weighted by atomic mass is 32.2. The third kappa shape index (κ3) is 6.95. The molecule has 2 heterocycles. The Morgan fingerprint density at radius 3 is 2.43 bits per heavy atom. The van der Waals surface area contributed by atoms with E-state index in [1.54, 1.807) is 11.3 Å². The van der Waals surface area contributed by atoms with E-state index < -0.39 is 16.2 Å². The normalized spacial score (nSPS) is 20.2. The molecule has 1 amide bonds. The lowest BCUT2D eigenvalue weighted by atomic mass is 10.0. The summed E-state index contributed by atoms with van der Waals surface area (Å²) in [4.78, 5) is 17.6. The second-order valence-electron chi connectivity index (χ2n) is 6.70. The Kier molecular flexibility index (Phi) is 7.67. The van der Waals surface area contributed by atoms with Crippen LogP contribution in [0.1, 0.15) is 30.6 Å². The third-order valence-electron chi connectivity index (χ3n) is 4.20. The molecule has 1 saturated heterocycles. The average molecular weight is 428 g/mol. The maximum Gasteiger partial charge on any atom is 0.261 e. The molecule has 3 rings (SSSR count). The van der Waals surface area contributed by atoms with E-state index >= 15 is 0 Å². The van der Waals surface area contributed by atoms with E-state index in [1.807, 2.05) is 31.5 Å². The number of β-amino-alcohol motifs (C(OH)–C–C–N with tert-alkyl or cyclic N) is 1. The fourth-order valence-electron chi connectivity index (χ4n) is 2.82. The minimum absolute atomic E-state index is 0.0589. The van der Waals surface area contributed by atoms with Crippen LogP contribution in [0.25, 0.3) is 10.4 Å². The van der Waals surface area contributed by atoms with Crippen molar-refractivity contribution in [2.24, 2.45) is 0 Å². The molecule has 3 atom stereocenters. The Morgan fingerprint density at radius 1 is 1.36 bits per heavy atom. The van der Waals surface area contributed by atoms with Crippen LogP contribution >= 0.6 is 11.3 Å². The number of nitrogens with one attached hydrogen (secondary N) is 2. The molecule has 0 radical (unpaired) electrons. The van der Waals surface area contributed by atoms with Crippen molar-refractivity contribution in [2.75, 3.05) is 12.8 Å². The average Bonchev–Trinajstić information content (AvgIpc) is 3.22. The predicted molar refractivity (Wildman–Crippen MR) is 109 cm³/mol. The molecule has 2 aromatic rings. The maximum absolute atomic E-state index is 12.2. The highest BCUT2D eigenvalue weighted by Crippen LogP contribution is 2.28. The first kappa shape index (κ1) is 22.4. The second kappa shape index (κ2) is 9.57. The number of aliphatic hydroxyl groups is 1. The van der Waals surface area contributed by atoms with Crippen LogP contribution in [-0.4, -0.2) is 53.9 Å². The van der Waals surface area contributed by atoms with E-state index in [0.717, 1.165) is 16.8 Å². The topological polar surface area (TPSA) is 129 Å². The Morgan fingerprint density at radius 2 is 1.96 bits per heavy atom. The third-order valence-corrected chi connectivity index (χ3v) is 5.18. The fourth-order valence-corrected chi connectivity index (χ4v) is 3.63. The number of amides is 1. The minimum Gasteiger partial charge on any atom is -0.392 e. The first-order chi connectivity index (χ1) is 13.0. The number of carbonyl (C=O) groups excluding carboxylic acids is 1. The molecule has 28 heavy (non-hydrogen) atoms. The molecule has 0 saturated carbocycles. The monoisotopic (exact) mass is 427 g/mol. The number of aryl methyl sites for hydroxylation is 1. The van der Waals surface area contributed by atoms with Gasteiger partial charge in [-0.3, -0.25) is 9.35 Å². The zero-order chi connectivity index (χ0) is 20.9. The molecule has 0 bridgehead atoms. The molecule has 0 aliphatic carbocycles. The van der Waals surface area contributed by atoms with Crippen LogP contribution in [0.5, 0.6) is 0 Å². The number of aromatic nitrogens is 1. The Balaban J connectivity index is 0.000000500. The van der Waals surface area contributed by atoms with Gasteiger partial charge in [-0.2, -0.15) is 8.42 Å². The molecule has 8 nitrogen and oxygen atoms in total. The van der Waals surface area contributed by atoms with Gasteiger partial charge in [0.2, 0.25) is 5.91 Å². The van der Waals surface area contributed by atoms with Gasteiger partial charge in [0.25, 0.3) is 10.1 Å². The fraction of sp³-hybridized carbons (Fsp3) is 0.444. The standard InChI is InChI=1S/C17H21N3O2S.CH4O3S/c1-10(20-17(22)15-7-14(21)8-18-15)12-3-5-13(6-4-12)16-11(2)19-9-23-16;1-5(2,3)4/h3-6,9-10,14-15,18,21H,7-8H2,1-2H3,(H,20,22);1H3,(H,2,3,4)/t10-,14?,15?;/m0./s1. The second-order valence-corrected chi connectivity index (χ2v) is 9.02. The number of benzene rings is 1. The molecule has 10 heteroatoms. The van der Waals surface area contributed by atoms with E-state index in [4.69, 9.17) is 4.55 Å². The van der Waals surface area contributed by atoms with E-state index in [-0.39, 0.29) is 18.0 Å². The van der Waals surface area contributed by atoms with E-state index in [0.29, 0.717) is 19.2 Å². The van der Waals surface area contributed by atoms with Gasteiger partial charge < -0.3 is 15.7 Å². The Bertz CT molecular complexity index is 888. The zero-order valence-corrected chi connectivity index (χ0v) is 17.5. The van der Waals surface area contributed by atoms with Crippen LogP contribution < -0.4 is 10.6 Å². The molecule has 1 fully saturated rings. The lowest BCUT2D eigenvalue weighted by molar-refractivity contribution is -0.123. The van der Waals surface area contributed by atoms with E-state index in [2.05, 4.69) is 27.8 Å². The van der Waals surface area contributed by atoms with Gasteiger partial charge >= 0.3 is 0 Å². The van der Waals surface area contributed by atoms with Crippen molar-refractivity contribution >= 4 is 27.4 Å². The number of hydrogen-bond acceptors (Lipinski definition) is 7. The largest absolute Gasteiger partial charge is 0.392 e. The molecule has 1 aromatic heterocycles. The Labute approximate surface area is 168 Å². The molecule has 1 aliphatic heterocycles. The van der Waals surface area contributed by atoms with Crippen molar-refractivity contribution < 1.29 is 22.9 Å². The smallest absolute Gasteiger partial charge is 0.261 e. The van der Waals surface area contributed by atoms with Gasteiger partial charge in [0.15, 0.2) is 0 Å². The number of aliphatic hydroxyl groups excluding tert-OH is 1. The highest BCUT2D eigenvalue weighted by Gasteiger charge is 2.28. The summed E-state index contributed by atoms with van der Waals surface area (Å²) in [6, 6.07) is 7.84. The summed E-state index contributed by atoms with van der Waals surface area (Å²) in [5, 5.41) is 15.5. The summed E-state index contributed by atoms with van der Waals surface area (Å²) in [6.45, 7) is 4.46. The summed E-state index contributed by atoms with van der Waals surface area (Å²) in [7, 11) is -3.67. The van der Waals surface area contributed by atoms with Gasteiger partial charge in [-0.1, -0.05) is 24.3 Å². The van der Waals surface area contributed by atoms with E-state index in [9.17, 15) is 18.3 Å². The number of hydrogen-bond donors (Lipinski definition) is 4. The Hall–Kier alpha value is -1.85. The summed E-state index contributed by atoms with van der Waals surface area (Å²) >= 11 is 1.63. The first-order valence-electron chi connectivity index (χ1n) is 8.69. The lowest BCUT2D eigenvalue weighted by Crippen LogP contribution is -2.41. The van der Waals surface area contributed by atoms with Crippen molar-refractivity contribution in [3.8, 4) is 10.4 Å². The quantitative estimate of drug-likeness (QED) is 0.545. The van der Waals surface area contributed by atoms with Gasteiger partial charge in [-0.15, -0.1) is 11.3 Å².